The normalized spacial score (nSPS) is 20.9. The molecule has 1 aromatic carbocycles. The molecule has 1 aromatic heterocycles. The SMILES string of the molecule is O=S1(=O)C=CC(NCc2ccc3ccccc3n2)C1. The van der Waals surface area contributed by atoms with Gasteiger partial charge in [0.05, 0.1) is 17.0 Å². The number of nitrogens with one attached hydrogen (secondary N) is 1. The van der Waals surface area contributed by atoms with Crippen LogP contribution in [-0.4, -0.2) is 25.2 Å². The second-order valence-electron chi connectivity index (χ2n) is 4.64. The van der Waals surface area contributed by atoms with Crippen LogP contribution in [0.5, 0.6) is 0 Å². The molecule has 0 aliphatic carbocycles. The average Bonchev–Trinajstić information content (AvgIpc) is 2.76. The van der Waals surface area contributed by atoms with Gasteiger partial charge in [-0.2, -0.15) is 0 Å². The highest BCUT2D eigenvalue weighted by atomic mass is 32.2. The molecule has 1 aliphatic heterocycles. The standard InChI is InChI=1S/C14H14N2O2S/c17-19(18)8-7-13(10-19)15-9-12-6-5-11-3-1-2-4-14(11)16-12/h1-8,13,15H,9-10H2. The van der Waals surface area contributed by atoms with Crippen molar-refractivity contribution in [3.05, 3.63) is 53.6 Å². The van der Waals surface area contributed by atoms with Gasteiger partial charge < -0.3 is 5.32 Å². The third-order valence-electron chi connectivity index (χ3n) is 3.13. The third-order valence-corrected chi connectivity index (χ3v) is 4.53. The molecule has 4 nitrogen and oxygen atoms in total. The van der Waals surface area contributed by atoms with E-state index in [1.54, 1.807) is 6.08 Å². The number of nitrogens with zero attached hydrogens (tertiary/aromatic N) is 1. The summed E-state index contributed by atoms with van der Waals surface area (Å²) in [4.78, 5) is 4.54. The number of hydrogen-bond acceptors (Lipinski definition) is 4. The molecule has 1 atom stereocenters. The van der Waals surface area contributed by atoms with E-state index in [1.807, 2.05) is 36.4 Å². The Bertz CT molecular complexity index is 738. The maximum Gasteiger partial charge on any atom is 0.173 e. The molecule has 0 radical (unpaired) electrons. The summed E-state index contributed by atoms with van der Waals surface area (Å²) < 4.78 is 22.6. The Balaban J connectivity index is 1.71. The number of pyridine rings is 1. The van der Waals surface area contributed by atoms with E-state index in [9.17, 15) is 8.42 Å². The summed E-state index contributed by atoms with van der Waals surface area (Å²) in [5.41, 5.74) is 1.87. The smallest absolute Gasteiger partial charge is 0.173 e. The van der Waals surface area contributed by atoms with Gasteiger partial charge in [-0.25, -0.2) is 8.42 Å². The minimum absolute atomic E-state index is 0.113. The van der Waals surface area contributed by atoms with Crippen molar-refractivity contribution in [3.8, 4) is 0 Å². The zero-order chi connectivity index (χ0) is 13.3. The van der Waals surface area contributed by atoms with Crippen molar-refractivity contribution in [2.45, 2.75) is 12.6 Å². The Labute approximate surface area is 112 Å². The van der Waals surface area contributed by atoms with Crippen LogP contribution in [0.1, 0.15) is 5.69 Å². The van der Waals surface area contributed by atoms with E-state index in [0.29, 0.717) is 6.54 Å². The van der Waals surface area contributed by atoms with Crippen LogP contribution in [0.3, 0.4) is 0 Å². The van der Waals surface area contributed by atoms with E-state index in [0.717, 1.165) is 16.6 Å². The molecule has 1 aliphatic rings. The molecule has 0 bridgehead atoms. The molecule has 2 aromatic rings. The zero-order valence-electron chi connectivity index (χ0n) is 10.3. The van der Waals surface area contributed by atoms with Crippen molar-refractivity contribution in [1.29, 1.82) is 0 Å². The fourth-order valence-electron chi connectivity index (χ4n) is 2.15. The molecule has 1 N–H and O–H groups in total. The van der Waals surface area contributed by atoms with Crippen LogP contribution in [0.15, 0.2) is 47.9 Å². The molecule has 0 fully saturated rings. The largest absolute Gasteiger partial charge is 0.304 e. The summed E-state index contributed by atoms with van der Waals surface area (Å²) in [6.45, 7) is 0.565. The van der Waals surface area contributed by atoms with Gasteiger partial charge >= 0.3 is 0 Å². The van der Waals surface area contributed by atoms with E-state index in [-0.39, 0.29) is 11.8 Å². The Kier molecular flexibility index (Phi) is 3.08. The molecule has 5 heteroatoms. The average molecular weight is 274 g/mol. The van der Waals surface area contributed by atoms with Gasteiger partial charge in [-0.15, -0.1) is 0 Å². The van der Waals surface area contributed by atoms with Crippen molar-refractivity contribution >= 4 is 20.7 Å². The topological polar surface area (TPSA) is 59.1 Å². The van der Waals surface area contributed by atoms with Crippen molar-refractivity contribution in [2.24, 2.45) is 0 Å². The predicted octanol–water partition coefficient (Wildman–Crippen LogP) is 1.64. The van der Waals surface area contributed by atoms with Crippen LogP contribution >= 0.6 is 0 Å². The van der Waals surface area contributed by atoms with Gasteiger partial charge in [-0.1, -0.05) is 30.3 Å². The van der Waals surface area contributed by atoms with E-state index in [1.165, 1.54) is 5.41 Å². The van der Waals surface area contributed by atoms with Gasteiger partial charge in [-0.3, -0.25) is 4.98 Å². The van der Waals surface area contributed by atoms with Crippen LogP contribution in [0.25, 0.3) is 10.9 Å². The second-order valence-corrected chi connectivity index (χ2v) is 6.57. The second kappa shape index (κ2) is 4.75. The van der Waals surface area contributed by atoms with E-state index in [4.69, 9.17) is 0 Å². The zero-order valence-corrected chi connectivity index (χ0v) is 11.1. The van der Waals surface area contributed by atoms with Gasteiger partial charge in [0.25, 0.3) is 0 Å². The number of aromatic nitrogens is 1. The molecule has 0 saturated heterocycles. The molecular formula is C14H14N2O2S. The van der Waals surface area contributed by atoms with Crippen LogP contribution in [0, 0.1) is 0 Å². The lowest BCUT2D eigenvalue weighted by Gasteiger charge is -2.09. The molecule has 98 valence electrons. The number of sulfone groups is 1. The Hall–Kier alpha value is -1.72. The van der Waals surface area contributed by atoms with Crippen molar-refractivity contribution in [1.82, 2.24) is 10.3 Å². The van der Waals surface area contributed by atoms with Gasteiger partial charge in [-0.05, 0) is 12.1 Å². The first-order chi connectivity index (χ1) is 9.12. The first-order valence-electron chi connectivity index (χ1n) is 6.11. The lowest BCUT2D eigenvalue weighted by Crippen LogP contribution is -2.29. The number of para-hydroxylation sites is 1. The lowest BCUT2D eigenvalue weighted by atomic mass is 10.2. The Morgan fingerprint density at radius 2 is 2.05 bits per heavy atom. The monoisotopic (exact) mass is 274 g/mol. The first kappa shape index (κ1) is 12.3. The summed E-state index contributed by atoms with van der Waals surface area (Å²) in [7, 11) is -3.00. The highest BCUT2D eigenvalue weighted by Crippen LogP contribution is 2.13. The van der Waals surface area contributed by atoms with Gasteiger partial charge in [0, 0.05) is 23.4 Å². The lowest BCUT2D eigenvalue weighted by molar-refractivity contribution is 0.588. The van der Waals surface area contributed by atoms with Gasteiger partial charge in [0.1, 0.15) is 0 Å². The van der Waals surface area contributed by atoms with Crippen LogP contribution in [0.4, 0.5) is 0 Å². The summed E-state index contributed by atoms with van der Waals surface area (Å²) in [5, 5.41) is 5.57. The highest BCUT2D eigenvalue weighted by molar-refractivity contribution is 7.94. The van der Waals surface area contributed by atoms with E-state index in [2.05, 4.69) is 10.3 Å². The molecule has 3 rings (SSSR count). The van der Waals surface area contributed by atoms with Crippen molar-refractivity contribution < 1.29 is 8.42 Å². The van der Waals surface area contributed by atoms with Crippen LogP contribution in [0.2, 0.25) is 0 Å². The quantitative estimate of drug-likeness (QED) is 0.924. The Morgan fingerprint density at radius 1 is 1.21 bits per heavy atom. The van der Waals surface area contributed by atoms with Gasteiger partial charge in [0.15, 0.2) is 9.84 Å². The van der Waals surface area contributed by atoms with Crippen LogP contribution < -0.4 is 5.32 Å². The van der Waals surface area contributed by atoms with E-state index >= 15 is 0 Å². The number of hydrogen-bond donors (Lipinski definition) is 1. The molecule has 19 heavy (non-hydrogen) atoms. The molecule has 0 amide bonds. The minimum Gasteiger partial charge on any atom is -0.304 e. The number of rotatable bonds is 3. The summed E-state index contributed by atoms with van der Waals surface area (Å²) in [6, 6.07) is 11.8. The highest BCUT2D eigenvalue weighted by Gasteiger charge is 2.20. The van der Waals surface area contributed by atoms with Crippen LogP contribution in [-0.2, 0) is 16.4 Å². The predicted molar refractivity (Wildman–Crippen MR) is 75.3 cm³/mol. The third kappa shape index (κ3) is 2.83. The van der Waals surface area contributed by atoms with E-state index < -0.39 is 9.84 Å². The maximum atomic E-state index is 11.3. The van der Waals surface area contributed by atoms with Gasteiger partial charge in [0.2, 0.25) is 0 Å². The summed E-state index contributed by atoms with van der Waals surface area (Å²) in [6.07, 6.45) is 1.69. The maximum absolute atomic E-state index is 11.3. The van der Waals surface area contributed by atoms with Crippen molar-refractivity contribution in [3.63, 3.8) is 0 Å². The number of benzene rings is 1. The Morgan fingerprint density at radius 3 is 2.84 bits per heavy atom. The fraction of sp³-hybridized carbons (Fsp3) is 0.214. The minimum atomic E-state index is -3.00. The fourth-order valence-corrected chi connectivity index (χ4v) is 3.41. The molecule has 2 heterocycles. The summed E-state index contributed by atoms with van der Waals surface area (Å²) >= 11 is 0. The molecule has 0 spiro atoms. The molecular weight excluding hydrogens is 260 g/mol. The number of fused-ring (bicyclic) bond motifs is 1. The van der Waals surface area contributed by atoms with Crippen molar-refractivity contribution in [2.75, 3.05) is 5.75 Å². The molecule has 0 saturated carbocycles. The molecule has 1 unspecified atom stereocenters. The summed E-state index contributed by atoms with van der Waals surface area (Å²) in [5.74, 6) is 0.139. The first-order valence-corrected chi connectivity index (χ1v) is 7.83.